The number of esters is 2. The number of hydrogen-bond acceptors (Lipinski definition) is 10. The van der Waals surface area contributed by atoms with Gasteiger partial charge in [0.15, 0.2) is 0 Å². The molecule has 5 amide bonds. The van der Waals surface area contributed by atoms with Gasteiger partial charge in [0.2, 0.25) is 23.6 Å². The number of amides is 5. The number of benzene rings is 2. The molecule has 7 N–H and O–H groups in total. The summed E-state index contributed by atoms with van der Waals surface area (Å²) in [6, 6.07) is 12.6. The summed E-state index contributed by atoms with van der Waals surface area (Å²) in [5.41, 5.74) is 4.93. The van der Waals surface area contributed by atoms with Crippen LogP contribution < -0.4 is 27.0 Å². The van der Waals surface area contributed by atoms with Crippen molar-refractivity contribution in [1.29, 1.82) is 0 Å². The van der Waals surface area contributed by atoms with Crippen LogP contribution in [0.15, 0.2) is 60.8 Å². The van der Waals surface area contributed by atoms with Crippen molar-refractivity contribution in [3.63, 3.8) is 0 Å². The highest BCUT2D eigenvalue weighted by atomic mass is 16.6. The van der Waals surface area contributed by atoms with E-state index in [4.69, 9.17) is 19.9 Å². The Bertz CT molecular complexity index is 2120. The molecule has 0 unspecified atom stereocenters. The van der Waals surface area contributed by atoms with Gasteiger partial charge in [-0.05, 0) is 104 Å². The first-order valence-electron chi connectivity index (χ1n) is 23.8. The third-order valence-corrected chi connectivity index (χ3v) is 11.5. The highest BCUT2D eigenvalue weighted by Crippen LogP contribution is 2.25. The number of carbonyl (C=O) groups excluding carboxylic acids is 7. The molecule has 4 rings (SSSR count). The Kier molecular flexibility index (Phi) is 20.2. The molecule has 368 valence electrons. The summed E-state index contributed by atoms with van der Waals surface area (Å²) >= 11 is 0. The molecule has 0 radical (unpaired) electrons. The molecule has 1 fully saturated rings. The van der Waals surface area contributed by atoms with Crippen LogP contribution >= 0.6 is 0 Å². The molecule has 0 bridgehead atoms. The first-order valence-corrected chi connectivity index (χ1v) is 23.8. The maximum absolute atomic E-state index is 14.7. The van der Waals surface area contributed by atoms with Crippen molar-refractivity contribution < 1.29 is 47.8 Å². The summed E-state index contributed by atoms with van der Waals surface area (Å²) < 4.78 is 16.8. The Morgan fingerprint density at radius 1 is 0.687 bits per heavy atom. The van der Waals surface area contributed by atoms with Crippen LogP contribution in [0.1, 0.15) is 149 Å². The van der Waals surface area contributed by atoms with Crippen molar-refractivity contribution in [2.24, 2.45) is 5.73 Å². The zero-order chi connectivity index (χ0) is 49.2. The van der Waals surface area contributed by atoms with Crippen LogP contribution in [0.5, 0.6) is 0 Å². The molecule has 1 aliphatic carbocycles. The number of para-hydroxylation sites is 1. The summed E-state index contributed by atoms with van der Waals surface area (Å²) in [6.45, 7) is 12.2. The lowest BCUT2D eigenvalue weighted by atomic mass is 9.90. The summed E-state index contributed by atoms with van der Waals surface area (Å²) in [5, 5.41) is 11.8. The van der Waals surface area contributed by atoms with Gasteiger partial charge in [0.1, 0.15) is 41.0 Å². The van der Waals surface area contributed by atoms with Gasteiger partial charge in [0.25, 0.3) is 0 Å². The number of rotatable bonds is 24. The maximum atomic E-state index is 14.7. The molecule has 0 saturated heterocycles. The minimum Gasteiger partial charge on any atom is -0.462 e. The maximum Gasteiger partial charge on any atom is 0.408 e. The van der Waals surface area contributed by atoms with Gasteiger partial charge in [0, 0.05) is 36.4 Å². The Balaban J connectivity index is 1.59. The molecule has 1 saturated carbocycles. The number of primary amides is 1. The second-order valence-corrected chi connectivity index (χ2v) is 19.9. The Morgan fingerprint density at radius 2 is 1.28 bits per heavy atom. The molecule has 1 aliphatic rings. The zero-order valence-electron chi connectivity index (χ0n) is 40.6. The van der Waals surface area contributed by atoms with E-state index in [1.54, 1.807) is 58.2 Å². The van der Waals surface area contributed by atoms with Gasteiger partial charge in [-0.25, -0.2) is 4.79 Å². The van der Waals surface area contributed by atoms with E-state index in [1.807, 2.05) is 51.1 Å². The number of hydrogen-bond donors (Lipinski definition) is 6. The summed E-state index contributed by atoms with van der Waals surface area (Å²) in [5.74, 6) is -4.05. The lowest BCUT2D eigenvalue weighted by molar-refractivity contribution is -0.155. The molecule has 1 aromatic heterocycles. The standard InChI is InChI=1S/C51H74N6O10/c1-49(2,3)66-42(58)29-19-11-9-8-10-18-28-39(56-47(63)51(7,57-48(64)67-50(4,5)6)32-35-33-53-38-27-21-20-26-37(35)38)45(61)55-41(31-43(59)65-36-24-16-13-17-25-36)46(62)54-40(44(52)60)30-34-22-14-12-15-23-34/h12,14-15,20-23,26-27,33,36,39-41,53H,8-11,13,16-19,24-25,28-32H2,1-7H3,(H2,52,60)(H,54,62)(H,55,61)(H,56,63)(H,57,64)/t39-,40-,41-,51+/m0/s1. The quantitative estimate of drug-likeness (QED) is 0.0309. The molecule has 0 aliphatic heterocycles. The van der Waals surface area contributed by atoms with Crippen LogP contribution in [0.3, 0.4) is 0 Å². The van der Waals surface area contributed by atoms with Crippen molar-refractivity contribution in [3.05, 3.63) is 71.9 Å². The number of aromatic amines is 1. The van der Waals surface area contributed by atoms with Gasteiger partial charge >= 0.3 is 18.0 Å². The van der Waals surface area contributed by atoms with Crippen LogP contribution in [0.25, 0.3) is 10.9 Å². The Labute approximate surface area is 395 Å². The monoisotopic (exact) mass is 931 g/mol. The fourth-order valence-electron chi connectivity index (χ4n) is 8.08. The van der Waals surface area contributed by atoms with E-state index in [2.05, 4.69) is 26.3 Å². The topological polar surface area (TPSA) is 237 Å². The van der Waals surface area contributed by atoms with Gasteiger partial charge in [-0.1, -0.05) is 87.1 Å². The van der Waals surface area contributed by atoms with E-state index in [1.165, 1.54) is 0 Å². The van der Waals surface area contributed by atoms with E-state index in [0.29, 0.717) is 38.5 Å². The van der Waals surface area contributed by atoms with Crippen LogP contribution in [-0.4, -0.2) is 87.6 Å². The number of ether oxygens (including phenoxy) is 3. The van der Waals surface area contributed by atoms with Gasteiger partial charge < -0.3 is 46.2 Å². The number of H-pyrrole nitrogens is 1. The first kappa shape index (κ1) is 53.7. The van der Waals surface area contributed by atoms with Crippen LogP contribution in [0, 0.1) is 0 Å². The third-order valence-electron chi connectivity index (χ3n) is 11.5. The predicted molar refractivity (Wildman–Crippen MR) is 255 cm³/mol. The van der Waals surface area contributed by atoms with Crippen LogP contribution in [0.2, 0.25) is 0 Å². The molecule has 1 heterocycles. The second-order valence-electron chi connectivity index (χ2n) is 19.9. The number of nitrogens with one attached hydrogen (secondary N) is 5. The molecule has 3 aromatic rings. The highest BCUT2D eigenvalue weighted by Gasteiger charge is 2.40. The van der Waals surface area contributed by atoms with E-state index < -0.39 is 77.0 Å². The lowest BCUT2D eigenvalue weighted by Gasteiger charge is -2.33. The largest absolute Gasteiger partial charge is 0.462 e. The predicted octanol–water partition coefficient (Wildman–Crippen LogP) is 6.90. The number of aromatic nitrogens is 1. The molecule has 0 spiro atoms. The van der Waals surface area contributed by atoms with Gasteiger partial charge in [-0.15, -0.1) is 0 Å². The number of unbranched alkanes of at least 4 members (excludes halogenated alkanes) is 5. The molecular formula is C51H74N6O10. The van der Waals surface area contributed by atoms with Gasteiger partial charge in [0.05, 0.1) is 6.42 Å². The van der Waals surface area contributed by atoms with Crippen molar-refractivity contribution >= 4 is 52.6 Å². The average Bonchev–Trinajstić information content (AvgIpc) is 3.64. The molecular weight excluding hydrogens is 857 g/mol. The van der Waals surface area contributed by atoms with E-state index in [0.717, 1.165) is 60.6 Å². The fourth-order valence-corrected chi connectivity index (χ4v) is 8.08. The number of nitrogens with two attached hydrogens (primary N) is 1. The first-order chi connectivity index (χ1) is 31.6. The lowest BCUT2D eigenvalue weighted by Crippen LogP contribution is -2.63. The minimum absolute atomic E-state index is 0.00762. The minimum atomic E-state index is -1.66. The normalized spacial score (nSPS) is 15.5. The fraction of sp³-hybridized carbons (Fsp3) is 0.588. The van der Waals surface area contributed by atoms with E-state index >= 15 is 0 Å². The molecule has 16 heteroatoms. The Hall–Kier alpha value is -5.93. The van der Waals surface area contributed by atoms with E-state index in [9.17, 15) is 33.6 Å². The van der Waals surface area contributed by atoms with Crippen LogP contribution in [-0.2, 0) is 55.8 Å². The van der Waals surface area contributed by atoms with Crippen LogP contribution in [0.4, 0.5) is 4.79 Å². The highest BCUT2D eigenvalue weighted by molar-refractivity contribution is 5.98. The molecule has 67 heavy (non-hydrogen) atoms. The summed E-state index contributed by atoms with van der Waals surface area (Å²) in [6.07, 6.45) is 8.97. The van der Waals surface area contributed by atoms with Crippen molar-refractivity contribution in [2.45, 2.75) is 192 Å². The number of alkyl carbamates (subject to hydrolysis) is 1. The number of fused-ring (bicyclic) bond motifs is 1. The van der Waals surface area contributed by atoms with Gasteiger partial charge in [-0.2, -0.15) is 0 Å². The number of carbonyl (C=O) groups is 7. The Morgan fingerprint density at radius 3 is 1.94 bits per heavy atom. The van der Waals surface area contributed by atoms with Crippen molar-refractivity contribution in [1.82, 2.24) is 26.3 Å². The average molecular weight is 931 g/mol. The molecule has 16 nitrogen and oxygen atoms in total. The van der Waals surface area contributed by atoms with E-state index in [-0.39, 0.29) is 31.3 Å². The SMILES string of the molecule is CC(C)(C)OC(=O)CCCCCCCC[C@H](NC(=O)[C@@](C)(Cc1c[nH]c2ccccc12)NC(=O)OC(C)(C)C)C(=O)N[C@@H](CC(=O)OC1CCCCC1)C(=O)N[C@@H](Cc1ccccc1)C(N)=O. The summed E-state index contributed by atoms with van der Waals surface area (Å²) in [7, 11) is 0. The second kappa shape index (κ2) is 25.3. The smallest absolute Gasteiger partial charge is 0.408 e. The van der Waals surface area contributed by atoms with Crippen molar-refractivity contribution in [2.75, 3.05) is 0 Å². The zero-order valence-corrected chi connectivity index (χ0v) is 40.6. The van der Waals surface area contributed by atoms with Crippen molar-refractivity contribution in [3.8, 4) is 0 Å². The molecule has 2 aromatic carbocycles. The van der Waals surface area contributed by atoms with Gasteiger partial charge in [-0.3, -0.25) is 28.8 Å². The molecule has 4 atom stereocenters. The third kappa shape index (κ3) is 19.1. The summed E-state index contributed by atoms with van der Waals surface area (Å²) in [4.78, 5) is 98.3.